The molecular weight excluding hydrogens is 350 g/mol. The van der Waals surface area contributed by atoms with Crippen molar-refractivity contribution in [2.75, 3.05) is 0 Å². The molecule has 1 aromatic carbocycles. The summed E-state index contributed by atoms with van der Waals surface area (Å²) in [5.74, 6) is 0.390. The zero-order valence-corrected chi connectivity index (χ0v) is 14.4. The van der Waals surface area contributed by atoms with E-state index < -0.39 is 15.6 Å². The molecule has 0 bridgehead atoms. The molecule has 1 heterocycles. The van der Waals surface area contributed by atoms with Crippen molar-refractivity contribution >= 4 is 32.5 Å². The van der Waals surface area contributed by atoms with Crippen LogP contribution in [0, 0.1) is 11.8 Å². The molecule has 1 aromatic heterocycles. The Labute approximate surface area is 144 Å². The number of aromatic nitrogens is 2. The van der Waals surface area contributed by atoms with E-state index in [0.717, 1.165) is 29.3 Å². The summed E-state index contributed by atoms with van der Waals surface area (Å²) >= 11 is 6.18. The van der Waals surface area contributed by atoms with Crippen LogP contribution in [0.15, 0.2) is 18.3 Å². The molecule has 5 rings (SSSR count). The Kier molecular flexibility index (Phi) is 2.98. The largest absolute Gasteiger partial charge is 0.385 e. The van der Waals surface area contributed by atoms with Crippen LogP contribution in [0.1, 0.15) is 31.2 Å². The second kappa shape index (κ2) is 4.72. The van der Waals surface area contributed by atoms with Crippen molar-refractivity contribution in [3.8, 4) is 0 Å². The summed E-state index contributed by atoms with van der Waals surface area (Å²) in [6.45, 7) is 0. The topological polar surface area (TPSA) is 95.1 Å². The normalized spacial score (nSPS) is 35.3. The first-order chi connectivity index (χ1) is 11.4. The van der Waals surface area contributed by atoms with Crippen LogP contribution >= 0.6 is 11.6 Å². The summed E-state index contributed by atoms with van der Waals surface area (Å²) in [4.78, 5) is 0. The number of nitrogens with zero attached hydrogens (tertiary/aromatic N) is 1. The average molecular weight is 368 g/mol. The molecule has 3 saturated carbocycles. The molecule has 0 spiro atoms. The lowest BCUT2D eigenvalue weighted by Gasteiger charge is -2.27. The molecule has 2 aromatic rings. The highest BCUT2D eigenvalue weighted by Gasteiger charge is 2.63. The maximum Gasteiger partial charge on any atom is 0.214 e. The van der Waals surface area contributed by atoms with Gasteiger partial charge in [-0.2, -0.15) is 5.10 Å². The lowest BCUT2D eigenvalue weighted by Crippen LogP contribution is -2.35. The zero-order valence-electron chi connectivity index (χ0n) is 12.9. The number of rotatable bonds is 4. The Bertz CT molecular complexity index is 925. The number of aromatic amines is 1. The van der Waals surface area contributed by atoms with Crippen LogP contribution in [0.2, 0.25) is 5.02 Å². The van der Waals surface area contributed by atoms with Crippen LogP contribution in [0.4, 0.5) is 0 Å². The molecule has 128 valence electrons. The molecule has 3 aliphatic rings. The highest BCUT2D eigenvalue weighted by atomic mass is 35.5. The molecule has 3 N–H and O–H groups in total. The third kappa shape index (κ3) is 2.22. The Balaban J connectivity index is 1.39. The van der Waals surface area contributed by atoms with Gasteiger partial charge in [-0.05, 0) is 49.7 Å². The fourth-order valence-electron chi connectivity index (χ4n) is 4.31. The minimum absolute atomic E-state index is 0.0210. The highest BCUT2D eigenvalue weighted by molar-refractivity contribution is 7.90. The summed E-state index contributed by atoms with van der Waals surface area (Å²) in [5.41, 5.74) is 0.587. The maximum absolute atomic E-state index is 12.1. The van der Waals surface area contributed by atoms with Gasteiger partial charge in [-0.1, -0.05) is 11.6 Å². The standard InChI is InChI=1S/C16H18ClN3O3S/c17-9-3-8-7-18-19-14(8)13(4-9)16(21)5-11-12(6-16)15(11)20-24(22,23)10-1-2-10/h3-4,7,10-12,15,20-21H,1-2,5-6H2,(H,18,19)/t11-,12+,15+,16+. The van der Waals surface area contributed by atoms with Gasteiger partial charge in [0.15, 0.2) is 0 Å². The molecule has 8 heteroatoms. The van der Waals surface area contributed by atoms with Crippen molar-refractivity contribution in [1.29, 1.82) is 0 Å². The maximum atomic E-state index is 12.1. The lowest BCUT2D eigenvalue weighted by molar-refractivity contribution is 0.0302. The van der Waals surface area contributed by atoms with Crippen molar-refractivity contribution in [3.05, 3.63) is 28.9 Å². The number of hydrogen-bond acceptors (Lipinski definition) is 4. The van der Waals surface area contributed by atoms with Crippen molar-refractivity contribution in [2.24, 2.45) is 11.8 Å². The number of H-pyrrole nitrogens is 1. The van der Waals surface area contributed by atoms with Gasteiger partial charge in [-0.15, -0.1) is 0 Å². The van der Waals surface area contributed by atoms with Crippen molar-refractivity contribution in [1.82, 2.24) is 14.9 Å². The van der Waals surface area contributed by atoms with E-state index >= 15 is 0 Å². The second-order valence-corrected chi connectivity index (χ2v) is 9.87. The number of halogens is 1. The fraction of sp³-hybridized carbons (Fsp3) is 0.562. The molecule has 0 aliphatic heterocycles. The minimum Gasteiger partial charge on any atom is -0.385 e. The van der Waals surface area contributed by atoms with E-state index in [1.54, 1.807) is 12.3 Å². The lowest BCUT2D eigenvalue weighted by atomic mass is 9.87. The van der Waals surface area contributed by atoms with Crippen LogP contribution in [-0.2, 0) is 15.6 Å². The molecule has 0 radical (unpaired) electrons. The molecule has 24 heavy (non-hydrogen) atoms. The summed E-state index contributed by atoms with van der Waals surface area (Å²) in [7, 11) is -3.17. The number of aliphatic hydroxyl groups is 1. The monoisotopic (exact) mass is 367 g/mol. The van der Waals surface area contributed by atoms with Gasteiger partial charge in [0.2, 0.25) is 10.0 Å². The number of hydrogen-bond donors (Lipinski definition) is 3. The number of sulfonamides is 1. The Morgan fingerprint density at radius 2 is 2.00 bits per heavy atom. The van der Waals surface area contributed by atoms with Gasteiger partial charge in [0.25, 0.3) is 0 Å². The van der Waals surface area contributed by atoms with Crippen LogP contribution in [-0.4, -0.2) is 35.0 Å². The van der Waals surface area contributed by atoms with Gasteiger partial charge >= 0.3 is 0 Å². The second-order valence-electron chi connectivity index (χ2n) is 7.44. The first-order valence-electron chi connectivity index (χ1n) is 8.24. The van der Waals surface area contributed by atoms with E-state index in [4.69, 9.17) is 11.6 Å². The van der Waals surface area contributed by atoms with Gasteiger partial charge in [0.1, 0.15) is 0 Å². The van der Waals surface area contributed by atoms with E-state index in [2.05, 4.69) is 14.9 Å². The van der Waals surface area contributed by atoms with Crippen LogP contribution in [0.3, 0.4) is 0 Å². The SMILES string of the molecule is O=S(=O)(N[C@H]1[C@@H]2C[C@@](O)(c3cc(Cl)cc4cn[nH]c34)C[C@@H]21)C1CC1. The van der Waals surface area contributed by atoms with E-state index in [1.165, 1.54) is 0 Å². The van der Waals surface area contributed by atoms with Gasteiger partial charge in [-0.25, -0.2) is 13.1 Å². The first kappa shape index (κ1) is 15.1. The highest BCUT2D eigenvalue weighted by Crippen LogP contribution is 2.60. The summed E-state index contributed by atoms with van der Waals surface area (Å²) < 4.78 is 27.0. The molecule has 3 aliphatic carbocycles. The third-order valence-electron chi connectivity index (χ3n) is 5.76. The smallest absolute Gasteiger partial charge is 0.214 e. The number of benzene rings is 1. The molecule has 0 saturated heterocycles. The van der Waals surface area contributed by atoms with E-state index in [-0.39, 0.29) is 23.1 Å². The van der Waals surface area contributed by atoms with E-state index in [9.17, 15) is 13.5 Å². The quantitative estimate of drug-likeness (QED) is 0.769. The first-order valence-corrected chi connectivity index (χ1v) is 10.2. The van der Waals surface area contributed by atoms with E-state index in [0.29, 0.717) is 17.9 Å². The minimum atomic E-state index is -3.17. The Hall–Kier alpha value is -1.15. The third-order valence-corrected chi connectivity index (χ3v) is 7.92. The van der Waals surface area contributed by atoms with Gasteiger partial charge in [-0.3, -0.25) is 5.10 Å². The molecule has 0 unspecified atom stereocenters. The van der Waals surface area contributed by atoms with Crippen LogP contribution in [0.5, 0.6) is 0 Å². The Morgan fingerprint density at radius 3 is 2.67 bits per heavy atom. The summed E-state index contributed by atoms with van der Waals surface area (Å²) in [6.07, 6.45) is 4.31. The predicted octanol–water partition coefficient (Wildman–Crippen LogP) is 1.89. The van der Waals surface area contributed by atoms with Crippen molar-refractivity contribution in [2.45, 2.75) is 42.6 Å². The number of nitrogens with one attached hydrogen (secondary N) is 2. The average Bonchev–Trinajstić information content (AvgIpc) is 3.37. The van der Waals surface area contributed by atoms with Crippen molar-refractivity contribution < 1.29 is 13.5 Å². The van der Waals surface area contributed by atoms with Crippen LogP contribution < -0.4 is 4.72 Å². The summed E-state index contributed by atoms with van der Waals surface area (Å²) in [5, 5.41) is 19.4. The van der Waals surface area contributed by atoms with Crippen LogP contribution in [0.25, 0.3) is 10.9 Å². The van der Waals surface area contributed by atoms with Gasteiger partial charge < -0.3 is 5.11 Å². The predicted molar refractivity (Wildman–Crippen MR) is 90.1 cm³/mol. The van der Waals surface area contributed by atoms with E-state index in [1.807, 2.05) is 6.07 Å². The summed E-state index contributed by atoms with van der Waals surface area (Å²) in [6, 6.07) is 3.58. The number of fused-ring (bicyclic) bond motifs is 2. The molecule has 4 atom stereocenters. The Morgan fingerprint density at radius 1 is 1.29 bits per heavy atom. The molecular formula is C16H18ClN3O3S. The van der Waals surface area contributed by atoms with Gasteiger partial charge in [0, 0.05) is 22.0 Å². The zero-order chi connectivity index (χ0) is 16.7. The van der Waals surface area contributed by atoms with Crippen molar-refractivity contribution in [3.63, 3.8) is 0 Å². The molecule has 6 nitrogen and oxygen atoms in total. The molecule has 0 amide bonds. The van der Waals surface area contributed by atoms with Gasteiger partial charge in [0.05, 0.1) is 22.6 Å². The molecule has 3 fully saturated rings. The fourth-order valence-corrected chi connectivity index (χ4v) is 6.22.